The molecule has 0 unspecified atom stereocenters. The average Bonchev–Trinajstić information content (AvgIpc) is 2.68. The topological polar surface area (TPSA) is 75.2 Å². The number of hydrogen-bond donors (Lipinski definition) is 1. The van der Waals surface area contributed by atoms with E-state index in [4.69, 9.17) is 0 Å². The van der Waals surface area contributed by atoms with Gasteiger partial charge in [0.15, 0.2) is 5.82 Å². The van der Waals surface area contributed by atoms with Crippen molar-refractivity contribution in [2.24, 2.45) is 0 Å². The first-order chi connectivity index (χ1) is 12.6. The van der Waals surface area contributed by atoms with Gasteiger partial charge in [0.2, 0.25) is 14.9 Å². The highest BCUT2D eigenvalue weighted by molar-refractivity contribution is 7.91. The van der Waals surface area contributed by atoms with Crippen LogP contribution in [0.3, 0.4) is 0 Å². The Labute approximate surface area is 150 Å². The average molecular weight is 372 g/mol. The number of rotatable bonds is 3. The molecular weight excluding hydrogens is 355 g/mol. The minimum atomic E-state index is -3.93. The van der Waals surface area contributed by atoms with Crippen LogP contribution in [0.25, 0.3) is 11.0 Å². The summed E-state index contributed by atoms with van der Waals surface area (Å²) in [5, 5.41) is 3.14. The number of hydrogen-bond acceptors (Lipinski definition) is 6. The predicted octanol–water partition coefficient (Wildman–Crippen LogP) is 2.01. The normalized spacial score (nSPS) is 15.3. The molecule has 0 atom stereocenters. The number of anilines is 1. The van der Waals surface area contributed by atoms with Crippen molar-refractivity contribution in [1.82, 2.24) is 15.3 Å². The highest BCUT2D eigenvalue weighted by Crippen LogP contribution is 2.29. The molecule has 1 aliphatic heterocycles. The van der Waals surface area contributed by atoms with Gasteiger partial charge in [0.1, 0.15) is 5.82 Å². The fourth-order valence-electron chi connectivity index (χ4n) is 2.96. The molecule has 1 N–H and O–H groups in total. The second-order valence-corrected chi connectivity index (χ2v) is 7.90. The molecule has 4 rings (SSSR count). The number of nitrogens with zero attached hydrogens (tertiary/aromatic N) is 3. The van der Waals surface area contributed by atoms with E-state index in [0.29, 0.717) is 29.9 Å². The molecule has 3 aromatic rings. The van der Waals surface area contributed by atoms with Crippen LogP contribution in [0.2, 0.25) is 0 Å². The molecule has 0 radical (unpaired) electrons. The molecule has 0 saturated carbocycles. The smallest absolute Gasteiger partial charge is 0.227 e. The molecule has 1 fully saturated rings. The molecule has 0 bridgehead atoms. The second-order valence-electron chi connectivity index (χ2n) is 6.04. The van der Waals surface area contributed by atoms with Crippen LogP contribution >= 0.6 is 0 Å². The summed E-state index contributed by atoms with van der Waals surface area (Å²) >= 11 is 0. The maximum absolute atomic E-state index is 13.2. The van der Waals surface area contributed by atoms with Crippen molar-refractivity contribution >= 4 is 26.7 Å². The van der Waals surface area contributed by atoms with Gasteiger partial charge in [-0.05, 0) is 36.4 Å². The van der Waals surface area contributed by atoms with E-state index in [2.05, 4.69) is 15.3 Å². The van der Waals surface area contributed by atoms with Crippen LogP contribution < -0.4 is 10.2 Å². The van der Waals surface area contributed by atoms with Gasteiger partial charge in [0.25, 0.3) is 0 Å². The van der Waals surface area contributed by atoms with Gasteiger partial charge in [-0.15, -0.1) is 0 Å². The quantitative estimate of drug-likeness (QED) is 0.709. The van der Waals surface area contributed by atoms with Crippen molar-refractivity contribution in [2.75, 3.05) is 31.1 Å². The zero-order chi connectivity index (χ0) is 18.1. The standard InChI is InChI=1S/C18H17FN4O2S/c19-13-5-7-14(8-6-13)26(24,25)18-17(23-11-9-20-10-12-23)21-15-3-1-2-4-16(15)22-18/h1-8,20H,9-12H2. The van der Waals surface area contributed by atoms with Crippen molar-refractivity contribution in [1.29, 1.82) is 0 Å². The summed E-state index contributed by atoms with van der Waals surface area (Å²) in [4.78, 5) is 10.9. The molecule has 1 aliphatic rings. The van der Waals surface area contributed by atoms with Crippen molar-refractivity contribution in [2.45, 2.75) is 9.92 Å². The fourth-order valence-corrected chi connectivity index (χ4v) is 4.31. The number of piperazine rings is 1. The zero-order valence-electron chi connectivity index (χ0n) is 13.9. The number of benzene rings is 2. The largest absolute Gasteiger partial charge is 0.352 e. The SMILES string of the molecule is O=S(=O)(c1ccc(F)cc1)c1nc2ccccc2nc1N1CCNCC1. The number of aromatic nitrogens is 2. The molecule has 2 aromatic carbocycles. The van der Waals surface area contributed by atoms with E-state index >= 15 is 0 Å². The van der Waals surface area contributed by atoms with Gasteiger partial charge < -0.3 is 10.2 Å². The lowest BCUT2D eigenvalue weighted by Crippen LogP contribution is -2.44. The monoisotopic (exact) mass is 372 g/mol. The molecular formula is C18H17FN4O2S. The van der Waals surface area contributed by atoms with Gasteiger partial charge >= 0.3 is 0 Å². The Morgan fingerprint density at radius 3 is 2.19 bits per heavy atom. The number of halogens is 1. The van der Waals surface area contributed by atoms with E-state index in [0.717, 1.165) is 25.2 Å². The van der Waals surface area contributed by atoms with Crippen LogP contribution in [0.5, 0.6) is 0 Å². The number of nitrogens with one attached hydrogen (secondary N) is 1. The molecule has 8 heteroatoms. The molecule has 0 amide bonds. The fraction of sp³-hybridized carbons (Fsp3) is 0.222. The highest BCUT2D eigenvalue weighted by Gasteiger charge is 2.28. The summed E-state index contributed by atoms with van der Waals surface area (Å²) in [5.74, 6) is -0.148. The molecule has 6 nitrogen and oxygen atoms in total. The first kappa shape index (κ1) is 16.9. The van der Waals surface area contributed by atoms with E-state index in [-0.39, 0.29) is 9.92 Å². The second kappa shape index (κ2) is 6.62. The minimum absolute atomic E-state index is 0.000124. The van der Waals surface area contributed by atoms with Gasteiger partial charge in [-0.1, -0.05) is 12.1 Å². The Morgan fingerprint density at radius 2 is 1.54 bits per heavy atom. The summed E-state index contributed by atoms with van der Waals surface area (Å²) in [6.07, 6.45) is 0. The van der Waals surface area contributed by atoms with E-state index in [1.54, 1.807) is 12.1 Å². The molecule has 2 heterocycles. The summed E-state index contributed by atoms with van der Waals surface area (Å²) < 4.78 is 39.6. The highest BCUT2D eigenvalue weighted by atomic mass is 32.2. The van der Waals surface area contributed by atoms with E-state index in [1.165, 1.54) is 12.1 Å². The first-order valence-corrected chi connectivity index (χ1v) is 9.77. The summed E-state index contributed by atoms with van der Waals surface area (Å²) in [6.45, 7) is 2.76. The molecule has 26 heavy (non-hydrogen) atoms. The Balaban J connectivity index is 1.92. The summed E-state index contributed by atoms with van der Waals surface area (Å²) in [7, 11) is -3.93. The predicted molar refractivity (Wildman–Crippen MR) is 96.5 cm³/mol. The Kier molecular flexibility index (Phi) is 4.29. The van der Waals surface area contributed by atoms with Crippen LogP contribution in [0.1, 0.15) is 0 Å². The van der Waals surface area contributed by atoms with Crippen LogP contribution in [-0.2, 0) is 9.84 Å². The van der Waals surface area contributed by atoms with Crippen LogP contribution in [0.15, 0.2) is 58.5 Å². The van der Waals surface area contributed by atoms with Crippen molar-refractivity contribution in [3.63, 3.8) is 0 Å². The van der Waals surface area contributed by atoms with Crippen molar-refractivity contribution < 1.29 is 12.8 Å². The van der Waals surface area contributed by atoms with E-state index in [9.17, 15) is 12.8 Å². The van der Waals surface area contributed by atoms with Gasteiger partial charge in [-0.25, -0.2) is 22.8 Å². The van der Waals surface area contributed by atoms with Crippen LogP contribution in [0, 0.1) is 5.82 Å². The maximum atomic E-state index is 13.2. The minimum Gasteiger partial charge on any atom is -0.352 e. The third-order valence-corrected chi connectivity index (χ3v) is 5.99. The van der Waals surface area contributed by atoms with E-state index < -0.39 is 15.7 Å². The van der Waals surface area contributed by atoms with E-state index in [1.807, 2.05) is 17.0 Å². The summed E-state index contributed by atoms with van der Waals surface area (Å²) in [6, 6.07) is 11.9. The lowest BCUT2D eigenvalue weighted by molar-refractivity contribution is 0.572. The van der Waals surface area contributed by atoms with Crippen molar-refractivity contribution in [3.05, 3.63) is 54.3 Å². The Morgan fingerprint density at radius 1 is 0.923 bits per heavy atom. The third-order valence-electron chi connectivity index (χ3n) is 4.32. The van der Waals surface area contributed by atoms with Crippen LogP contribution in [-0.4, -0.2) is 44.6 Å². The van der Waals surface area contributed by atoms with Crippen molar-refractivity contribution in [3.8, 4) is 0 Å². The third kappa shape index (κ3) is 3.02. The van der Waals surface area contributed by atoms with Gasteiger partial charge in [0, 0.05) is 26.2 Å². The number of para-hydroxylation sites is 2. The van der Waals surface area contributed by atoms with Crippen LogP contribution in [0.4, 0.5) is 10.2 Å². The molecule has 0 aliphatic carbocycles. The van der Waals surface area contributed by atoms with Gasteiger partial charge in [0.05, 0.1) is 15.9 Å². The summed E-state index contributed by atoms with van der Waals surface area (Å²) in [5.41, 5.74) is 1.14. The first-order valence-electron chi connectivity index (χ1n) is 8.29. The molecule has 0 spiro atoms. The molecule has 1 aromatic heterocycles. The maximum Gasteiger partial charge on any atom is 0.227 e. The van der Waals surface area contributed by atoms with Gasteiger partial charge in [-0.3, -0.25) is 0 Å². The number of sulfone groups is 1. The molecule has 134 valence electrons. The van der Waals surface area contributed by atoms with Gasteiger partial charge in [-0.2, -0.15) is 0 Å². The molecule has 1 saturated heterocycles. The number of fused-ring (bicyclic) bond motifs is 1. The lowest BCUT2D eigenvalue weighted by atomic mass is 10.3. The Hall–Kier alpha value is -2.58. The Bertz CT molecular complexity index is 1050. The lowest BCUT2D eigenvalue weighted by Gasteiger charge is -2.29. The zero-order valence-corrected chi connectivity index (χ0v) is 14.7.